The van der Waals surface area contributed by atoms with Crippen molar-refractivity contribution in [1.82, 2.24) is 4.90 Å². The highest BCUT2D eigenvalue weighted by Crippen LogP contribution is 2.37. The maximum atomic E-state index is 12.9. The minimum Gasteiger partial charge on any atom is -0.466 e. The molecule has 1 aliphatic heterocycles. The van der Waals surface area contributed by atoms with Crippen molar-refractivity contribution in [2.75, 3.05) is 19.7 Å². The molecule has 0 aromatic heterocycles. The molecule has 2 aromatic rings. The smallest absolute Gasteiger partial charge is 0.313 e. The summed E-state index contributed by atoms with van der Waals surface area (Å²) in [6.45, 7) is 3.30. The lowest BCUT2D eigenvalue weighted by Gasteiger charge is -2.41. The first-order valence-corrected chi connectivity index (χ1v) is 9.70. The van der Waals surface area contributed by atoms with Gasteiger partial charge in [0.05, 0.1) is 12.0 Å². The summed E-state index contributed by atoms with van der Waals surface area (Å²) in [6, 6.07) is 19.5. The van der Waals surface area contributed by atoms with Crippen molar-refractivity contribution in [2.24, 2.45) is 5.41 Å². The van der Waals surface area contributed by atoms with Gasteiger partial charge >= 0.3 is 5.97 Å². The van der Waals surface area contributed by atoms with Crippen LogP contribution in [0.25, 0.3) is 0 Å². The summed E-state index contributed by atoms with van der Waals surface area (Å²) < 4.78 is 5.43. The largest absolute Gasteiger partial charge is 0.466 e. The van der Waals surface area contributed by atoms with Crippen molar-refractivity contribution < 1.29 is 14.3 Å². The van der Waals surface area contributed by atoms with Gasteiger partial charge in [0.1, 0.15) is 0 Å². The van der Waals surface area contributed by atoms with E-state index in [1.54, 1.807) is 0 Å². The SMILES string of the molecule is CCOC(=O)C1(CCc2ccccc2)CCCN(C(=O)c2ccccc2)C1. The third-order valence-electron chi connectivity index (χ3n) is 5.33. The van der Waals surface area contributed by atoms with Crippen LogP contribution < -0.4 is 0 Å². The third kappa shape index (κ3) is 4.57. The standard InChI is InChI=1S/C23H27NO3/c1-2-27-22(26)23(16-14-19-10-5-3-6-11-19)15-9-17-24(18-23)21(25)20-12-7-4-8-13-20/h3-8,10-13H,2,9,14-18H2,1H3. The minimum atomic E-state index is -0.630. The molecule has 0 N–H and O–H groups in total. The van der Waals surface area contributed by atoms with Gasteiger partial charge in [-0.2, -0.15) is 0 Å². The molecule has 1 unspecified atom stereocenters. The van der Waals surface area contributed by atoms with Gasteiger partial charge in [-0.05, 0) is 50.3 Å². The summed E-state index contributed by atoms with van der Waals surface area (Å²) in [6.07, 6.45) is 3.06. The maximum Gasteiger partial charge on any atom is 0.313 e. The van der Waals surface area contributed by atoms with E-state index in [0.717, 1.165) is 19.3 Å². The summed E-state index contributed by atoms with van der Waals surface area (Å²) in [4.78, 5) is 27.6. The van der Waals surface area contributed by atoms with Crippen LogP contribution in [0.1, 0.15) is 42.1 Å². The molecule has 27 heavy (non-hydrogen) atoms. The number of carbonyl (C=O) groups excluding carboxylic acids is 2. The Kier molecular flexibility index (Phi) is 6.28. The highest BCUT2D eigenvalue weighted by molar-refractivity contribution is 5.94. The quantitative estimate of drug-likeness (QED) is 0.724. The fraction of sp³-hybridized carbons (Fsp3) is 0.391. The number of esters is 1. The number of hydrogen-bond donors (Lipinski definition) is 0. The van der Waals surface area contributed by atoms with Crippen LogP contribution in [0.4, 0.5) is 0 Å². The number of nitrogens with zero attached hydrogens (tertiary/aromatic N) is 1. The van der Waals surface area contributed by atoms with Gasteiger partial charge in [0.2, 0.25) is 0 Å². The van der Waals surface area contributed by atoms with Gasteiger partial charge in [0, 0.05) is 18.7 Å². The molecule has 2 aromatic carbocycles. The van der Waals surface area contributed by atoms with Gasteiger partial charge in [-0.15, -0.1) is 0 Å². The molecule has 0 spiro atoms. The first-order valence-electron chi connectivity index (χ1n) is 9.70. The van der Waals surface area contributed by atoms with E-state index >= 15 is 0 Å². The van der Waals surface area contributed by atoms with Gasteiger partial charge in [-0.3, -0.25) is 9.59 Å². The van der Waals surface area contributed by atoms with Crippen LogP contribution in [0.5, 0.6) is 0 Å². The van der Waals surface area contributed by atoms with Crippen molar-refractivity contribution in [3.8, 4) is 0 Å². The molecule has 1 amide bonds. The number of likely N-dealkylation sites (tertiary alicyclic amines) is 1. The van der Waals surface area contributed by atoms with Crippen molar-refractivity contribution in [3.05, 3.63) is 71.8 Å². The van der Waals surface area contributed by atoms with Crippen LogP contribution in [0.15, 0.2) is 60.7 Å². The molecule has 1 saturated heterocycles. The van der Waals surface area contributed by atoms with Gasteiger partial charge in [-0.25, -0.2) is 0 Å². The van der Waals surface area contributed by atoms with E-state index in [4.69, 9.17) is 4.74 Å². The zero-order valence-corrected chi connectivity index (χ0v) is 15.9. The van der Waals surface area contributed by atoms with E-state index in [9.17, 15) is 9.59 Å². The number of rotatable bonds is 6. The van der Waals surface area contributed by atoms with Crippen molar-refractivity contribution in [1.29, 1.82) is 0 Å². The second-order valence-electron chi connectivity index (χ2n) is 7.18. The average Bonchev–Trinajstić information content (AvgIpc) is 2.73. The van der Waals surface area contributed by atoms with Crippen LogP contribution in [-0.2, 0) is 16.0 Å². The fourth-order valence-corrected chi connectivity index (χ4v) is 3.85. The van der Waals surface area contributed by atoms with Gasteiger partial charge in [0.25, 0.3) is 5.91 Å². The van der Waals surface area contributed by atoms with Crippen LogP contribution >= 0.6 is 0 Å². The highest BCUT2D eigenvalue weighted by atomic mass is 16.5. The van der Waals surface area contributed by atoms with Crippen LogP contribution in [0.3, 0.4) is 0 Å². The zero-order chi connectivity index (χ0) is 19.1. The fourth-order valence-electron chi connectivity index (χ4n) is 3.85. The summed E-state index contributed by atoms with van der Waals surface area (Å²) in [5.41, 5.74) is 1.24. The Morgan fingerprint density at radius 3 is 2.37 bits per heavy atom. The zero-order valence-electron chi connectivity index (χ0n) is 15.9. The normalized spacial score (nSPS) is 19.5. The van der Waals surface area contributed by atoms with E-state index in [2.05, 4.69) is 12.1 Å². The molecule has 0 bridgehead atoms. The molecular formula is C23H27NO3. The highest BCUT2D eigenvalue weighted by Gasteiger charge is 2.44. The molecule has 4 heteroatoms. The number of benzene rings is 2. The van der Waals surface area contributed by atoms with E-state index in [0.29, 0.717) is 31.7 Å². The van der Waals surface area contributed by atoms with Crippen molar-refractivity contribution in [3.63, 3.8) is 0 Å². The maximum absolute atomic E-state index is 12.9. The van der Waals surface area contributed by atoms with Gasteiger partial charge < -0.3 is 9.64 Å². The van der Waals surface area contributed by atoms with E-state index < -0.39 is 5.41 Å². The molecule has 1 aliphatic rings. The number of piperidine rings is 1. The lowest BCUT2D eigenvalue weighted by atomic mass is 9.75. The lowest BCUT2D eigenvalue weighted by molar-refractivity contribution is -0.159. The molecule has 142 valence electrons. The summed E-state index contributed by atoms with van der Waals surface area (Å²) in [5, 5.41) is 0. The molecule has 3 rings (SSSR count). The number of hydrogen-bond acceptors (Lipinski definition) is 3. The Bertz CT molecular complexity index is 760. The number of aryl methyl sites for hydroxylation is 1. The molecule has 1 heterocycles. The summed E-state index contributed by atoms with van der Waals surface area (Å²) in [7, 11) is 0. The topological polar surface area (TPSA) is 46.6 Å². The first kappa shape index (κ1) is 19.2. The molecule has 4 nitrogen and oxygen atoms in total. The monoisotopic (exact) mass is 365 g/mol. The Balaban J connectivity index is 1.79. The summed E-state index contributed by atoms with van der Waals surface area (Å²) in [5.74, 6) is -0.185. The van der Waals surface area contributed by atoms with Crippen molar-refractivity contribution >= 4 is 11.9 Å². The van der Waals surface area contributed by atoms with Crippen LogP contribution in [0.2, 0.25) is 0 Å². The van der Waals surface area contributed by atoms with Gasteiger partial charge in [0.15, 0.2) is 0 Å². The average molecular weight is 365 g/mol. The second kappa shape index (κ2) is 8.85. The van der Waals surface area contributed by atoms with E-state index in [1.807, 2.05) is 60.4 Å². The van der Waals surface area contributed by atoms with Gasteiger partial charge in [-0.1, -0.05) is 48.5 Å². The molecule has 1 fully saturated rings. The summed E-state index contributed by atoms with van der Waals surface area (Å²) >= 11 is 0. The molecule has 0 radical (unpaired) electrons. The number of amides is 1. The Hall–Kier alpha value is -2.62. The van der Waals surface area contributed by atoms with E-state index in [-0.39, 0.29) is 11.9 Å². The predicted molar refractivity (Wildman–Crippen MR) is 105 cm³/mol. The number of carbonyl (C=O) groups is 2. The minimum absolute atomic E-state index is 0.0105. The molecule has 0 aliphatic carbocycles. The Morgan fingerprint density at radius 2 is 1.70 bits per heavy atom. The predicted octanol–water partition coefficient (Wildman–Crippen LogP) is 4.10. The van der Waals surface area contributed by atoms with Crippen LogP contribution in [0, 0.1) is 5.41 Å². The number of ether oxygens (including phenoxy) is 1. The molecule has 1 atom stereocenters. The van der Waals surface area contributed by atoms with Crippen LogP contribution in [-0.4, -0.2) is 36.5 Å². The van der Waals surface area contributed by atoms with Crippen molar-refractivity contribution in [2.45, 2.75) is 32.6 Å². The second-order valence-corrected chi connectivity index (χ2v) is 7.18. The first-order chi connectivity index (χ1) is 13.1. The third-order valence-corrected chi connectivity index (χ3v) is 5.33. The molecule has 0 saturated carbocycles. The Morgan fingerprint density at radius 1 is 1.04 bits per heavy atom. The molecular weight excluding hydrogens is 338 g/mol. The lowest BCUT2D eigenvalue weighted by Crippen LogP contribution is -2.50. The van der Waals surface area contributed by atoms with E-state index in [1.165, 1.54) is 5.56 Å². The Labute approximate surface area is 161 Å².